The lowest BCUT2D eigenvalue weighted by Gasteiger charge is -2.19. The quantitative estimate of drug-likeness (QED) is 0.697. The summed E-state index contributed by atoms with van der Waals surface area (Å²) in [6, 6.07) is 7.58. The molecule has 0 aliphatic heterocycles. The number of rotatable bonds is 7. The van der Waals surface area contributed by atoms with E-state index in [2.05, 4.69) is 34.7 Å². The fourth-order valence-electron chi connectivity index (χ4n) is 1.83. The third-order valence-corrected chi connectivity index (χ3v) is 3.14. The van der Waals surface area contributed by atoms with E-state index in [0.717, 1.165) is 36.0 Å². The zero-order valence-corrected chi connectivity index (χ0v) is 13.4. The fourth-order valence-corrected chi connectivity index (χ4v) is 2.10. The molecular formula is C14H21BrClNO. The van der Waals surface area contributed by atoms with Crippen LogP contribution >= 0.6 is 28.3 Å². The van der Waals surface area contributed by atoms with Gasteiger partial charge in [0.1, 0.15) is 0 Å². The van der Waals surface area contributed by atoms with E-state index < -0.39 is 0 Å². The van der Waals surface area contributed by atoms with Crippen molar-refractivity contribution in [3.05, 3.63) is 34.3 Å². The average molecular weight is 335 g/mol. The second-order valence-electron chi connectivity index (χ2n) is 4.21. The molecule has 0 fully saturated rings. The van der Waals surface area contributed by atoms with Crippen molar-refractivity contribution in [3.63, 3.8) is 0 Å². The lowest BCUT2D eigenvalue weighted by molar-refractivity contribution is 0.0930. The van der Waals surface area contributed by atoms with Gasteiger partial charge in [-0.15, -0.1) is 12.4 Å². The Labute approximate surface area is 124 Å². The molecule has 0 saturated carbocycles. The smallest absolute Gasteiger partial charge is 0.176 e. The molecule has 0 unspecified atom stereocenters. The van der Waals surface area contributed by atoms with Crippen molar-refractivity contribution in [2.45, 2.75) is 26.7 Å². The molecular weight excluding hydrogens is 314 g/mol. The van der Waals surface area contributed by atoms with Gasteiger partial charge in [-0.25, -0.2) is 0 Å². The highest BCUT2D eigenvalue weighted by Crippen LogP contribution is 2.11. The minimum Gasteiger partial charge on any atom is -0.296 e. The monoisotopic (exact) mass is 333 g/mol. The van der Waals surface area contributed by atoms with Gasteiger partial charge < -0.3 is 0 Å². The molecule has 0 atom stereocenters. The number of carbonyl (C=O) groups excluding carboxylic acids is 1. The van der Waals surface area contributed by atoms with Crippen LogP contribution in [0.1, 0.15) is 37.0 Å². The lowest BCUT2D eigenvalue weighted by Crippen LogP contribution is -2.31. The van der Waals surface area contributed by atoms with Crippen LogP contribution < -0.4 is 0 Å². The first kappa shape index (κ1) is 17.6. The van der Waals surface area contributed by atoms with Gasteiger partial charge in [0.05, 0.1) is 6.54 Å². The van der Waals surface area contributed by atoms with E-state index in [0.29, 0.717) is 6.54 Å². The van der Waals surface area contributed by atoms with Gasteiger partial charge in [0.15, 0.2) is 5.78 Å². The van der Waals surface area contributed by atoms with Crippen molar-refractivity contribution in [1.29, 1.82) is 0 Å². The summed E-state index contributed by atoms with van der Waals surface area (Å²) in [6.45, 7) is 6.81. The molecule has 1 aromatic carbocycles. The van der Waals surface area contributed by atoms with Gasteiger partial charge in [-0.3, -0.25) is 9.69 Å². The number of hydrogen-bond acceptors (Lipinski definition) is 2. The summed E-state index contributed by atoms with van der Waals surface area (Å²) >= 11 is 3.37. The topological polar surface area (TPSA) is 20.3 Å². The number of hydrogen-bond donors (Lipinski definition) is 0. The van der Waals surface area contributed by atoms with Gasteiger partial charge in [-0.05, 0) is 38.1 Å². The molecule has 2 nitrogen and oxygen atoms in total. The number of nitrogens with zero attached hydrogens (tertiary/aromatic N) is 1. The van der Waals surface area contributed by atoms with Crippen molar-refractivity contribution in [2.75, 3.05) is 19.6 Å². The average Bonchev–Trinajstić information content (AvgIpc) is 2.30. The van der Waals surface area contributed by atoms with E-state index in [1.54, 1.807) is 0 Å². The molecule has 0 N–H and O–H groups in total. The summed E-state index contributed by atoms with van der Waals surface area (Å²) in [5.41, 5.74) is 0.797. The summed E-state index contributed by atoms with van der Waals surface area (Å²) in [7, 11) is 0. The Morgan fingerprint density at radius 2 is 1.61 bits per heavy atom. The zero-order valence-electron chi connectivity index (χ0n) is 11.0. The van der Waals surface area contributed by atoms with Crippen LogP contribution in [0.5, 0.6) is 0 Å². The van der Waals surface area contributed by atoms with E-state index in [4.69, 9.17) is 0 Å². The molecule has 0 radical (unpaired) electrons. The maximum absolute atomic E-state index is 12.1. The Balaban J connectivity index is 0.00000289. The van der Waals surface area contributed by atoms with Gasteiger partial charge >= 0.3 is 0 Å². The second-order valence-corrected chi connectivity index (χ2v) is 5.12. The van der Waals surface area contributed by atoms with Crippen LogP contribution in [0.3, 0.4) is 0 Å². The van der Waals surface area contributed by atoms with E-state index >= 15 is 0 Å². The van der Waals surface area contributed by atoms with Crippen molar-refractivity contribution in [1.82, 2.24) is 4.90 Å². The normalized spacial score (nSPS) is 10.2. The van der Waals surface area contributed by atoms with Crippen molar-refractivity contribution in [3.8, 4) is 0 Å². The SMILES string of the molecule is CCCN(CCC)CC(=O)c1ccc(Br)cc1.Cl. The molecule has 0 bridgehead atoms. The molecule has 0 aliphatic rings. The largest absolute Gasteiger partial charge is 0.296 e. The molecule has 0 heterocycles. The predicted molar refractivity (Wildman–Crippen MR) is 82.7 cm³/mol. The summed E-state index contributed by atoms with van der Waals surface area (Å²) in [4.78, 5) is 14.3. The van der Waals surface area contributed by atoms with E-state index in [1.807, 2.05) is 24.3 Å². The minimum atomic E-state index is 0. The second kappa shape index (κ2) is 9.54. The molecule has 1 rings (SSSR count). The van der Waals surface area contributed by atoms with Gasteiger partial charge in [-0.2, -0.15) is 0 Å². The lowest BCUT2D eigenvalue weighted by atomic mass is 10.1. The number of benzene rings is 1. The highest BCUT2D eigenvalue weighted by atomic mass is 79.9. The molecule has 1 aromatic rings. The Hall–Kier alpha value is -0.380. The van der Waals surface area contributed by atoms with Crippen molar-refractivity contribution >= 4 is 34.1 Å². The Kier molecular flexibility index (Phi) is 9.34. The van der Waals surface area contributed by atoms with Crippen LogP contribution in [0.15, 0.2) is 28.7 Å². The molecule has 18 heavy (non-hydrogen) atoms. The van der Waals surface area contributed by atoms with Gasteiger partial charge in [0.2, 0.25) is 0 Å². The van der Waals surface area contributed by atoms with E-state index in [9.17, 15) is 4.79 Å². The fraction of sp³-hybridized carbons (Fsp3) is 0.500. The van der Waals surface area contributed by atoms with Crippen LogP contribution in [0.2, 0.25) is 0 Å². The first-order valence-corrected chi connectivity index (χ1v) is 6.97. The van der Waals surface area contributed by atoms with Gasteiger partial charge in [0, 0.05) is 10.0 Å². The molecule has 0 spiro atoms. The zero-order chi connectivity index (χ0) is 12.7. The molecule has 0 amide bonds. The first-order valence-electron chi connectivity index (χ1n) is 6.18. The third-order valence-electron chi connectivity index (χ3n) is 2.61. The Morgan fingerprint density at radius 3 is 2.06 bits per heavy atom. The maximum Gasteiger partial charge on any atom is 0.176 e. The van der Waals surface area contributed by atoms with Crippen LogP contribution in [-0.4, -0.2) is 30.3 Å². The number of carbonyl (C=O) groups is 1. The van der Waals surface area contributed by atoms with Crippen molar-refractivity contribution < 1.29 is 4.79 Å². The molecule has 0 aliphatic carbocycles. The van der Waals surface area contributed by atoms with E-state index in [-0.39, 0.29) is 18.2 Å². The molecule has 4 heteroatoms. The predicted octanol–water partition coefficient (Wildman–Crippen LogP) is 4.18. The standard InChI is InChI=1S/C14H20BrNO.ClH/c1-3-9-16(10-4-2)11-14(17)12-5-7-13(15)8-6-12;/h5-8H,3-4,9-11H2,1-2H3;1H. The van der Waals surface area contributed by atoms with Crippen LogP contribution in [0, 0.1) is 0 Å². The van der Waals surface area contributed by atoms with E-state index in [1.165, 1.54) is 0 Å². The first-order chi connectivity index (χ1) is 8.17. The molecule has 0 aromatic heterocycles. The van der Waals surface area contributed by atoms with Crippen LogP contribution in [0.4, 0.5) is 0 Å². The maximum atomic E-state index is 12.1. The van der Waals surface area contributed by atoms with Crippen molar-refractivity contribution in [2.24, 2.45) is 0 Å². The minimum absolute atomic E-state index is 0. The van der Waals surface area contributed by atoms with Crippen LogP contribution in [0.25, 0.3) is 0 Å². The van der Waals surface area contributed by atoms with Gasteiger partial charge in [0.25, 0.3) is 0 Å². The number of ketones is 1. The Bertz CT molecular complexity index is 347. The van der Waals surface area contributed by atoms with Crippen LogP contribution in [-0.2, 0) is 0 Å². The van der Waals surface area contributed by atoms with Gasteiger partial charge in [-0.1, -0.05) is 41.9 Å². The summed E-state index contributed by atoms with van der Waals surface area (Å²) in [5.74, 6) is 0.208. The number of Topliss-reactive ketones (excluding diaryl/α,β-unsaturated/α-hetero) is 1. The summed E-state index contributed by atoms with van der Waals surface area (Å²) < 4.78 is 1.01. The highest BCUT2D eigenvalue weighted by molar-refractivity contribution is 9.10. The summed E-state index contributed by atoms with van der Waals surface area (Å²) in [5, 5.41) is 0. The number of halogens is 2. The summed E-state index contributed by atoms with van der Waals surface area (Å²) in [6.07, 6.45) is 2.18. The molecule has 0 saturated heterocycles. The Morgan fingerprint density at radius 1 is 1.11 bits per heavy atom. The third kappa shape index (κ3) is 5.98. The highest BCUT2D eigenvalue weighted by Gasteiger charge is 2.10. The molecule has 102 valence electrons.